The van der Waals surface area contributed by atoms with Gasteiger partial charge in [0.05, 0.1) is 7.14 Å². The second-order valence-electron chi connectivity index (χ2n) is 3.20. The molecule has 0 bridgehead atoms. The lowest BCUT2D eigenvalue weighted by Crippen LogP contribution is -2.31. The molecule has 6 heteroatoms. The zero-order valence-corrected chi connectivity index (χ0v) is 8.54. The van der Waals surface area contributed by atoms with Crippen molar-refractivity contribution in [2.24, 2.45) is 5.73 Å². The Labute approximate surface area is 77.3 Å². The second-order valence-corrected chi connectivity index (χ2v) is 6.69. The Morgan fingerprint density at radius 2 is 2.08 bits per heavy atom. The van der Waals surface area contributed by atoms with E-state index >= 15 is 0 Å². The fourth-order valence-corrected chi connectivity index (χ4v) is 2.33. The van der Waals surface area contributed by atoms with Gasteiger partial charge in [0, 0.05) is 18.9 Å². The minimum absolute atomic E-state index is 0.129. The summed E-state index contributed by atoms with van der Waals surface area (Å²) < 4.78 is 11.5. The number of aliphatic carboxylic acids is 1. The topological polar surface area (TPSA) is 101 Å². The van der Waals surface area contributed by atoms with Gasteiger partial charge in [0.2, 0.25) is 0 Å². The minimum atomic E-state index is -2.38. The average Bonchev–Trinajstić information content (AvgIpc) is 2.00. The van der Waals surface area contributed by atoms with Crippen molar-refractivity contribution in [2.45, 2.75) is 12.5 Å². The molecule has 0 rings (SSSR count). The third-order valence-corrected chi connectivity index (χ3v) is 4.15. The smallest absolute Gasteiger partial charge is 0.320 e. The van der Waals surface area contributed by atoms with Crippen molar-refractivity contribution in [3.8, 4) is 0 Å². The van der Waals surface area contributed by atoms with Crippen molar-refractivity contribution in [1.29, 1.82) is 0 Å². The molecule has 0 radical (unpaired) electrons. The summed E-state index contributed by atoms with van der Waals surface area (Å²) >= 11 is 0. The molecule has 0 aliphatic carbocycles. The van der Waals surface area contributed by atoms with Crippen LogP contribution in [0, 0.1) is 0 Å². The predicted molar refractivity (Wildman–Crippen MR) is 50.6 cm³/mol. The molecule has 5 nitrogen and oxygen atoms in total. The van der Waals surface area contributed by atoms with Gasteiger partial charge in [-0.3, -0.25) is 4.79 Å². The number of hydrogen-bond acceptors (Lipinski definition) is 4. The predicted octanol–water partition coefficient (Wildman–Crippen LogP) is -0.226. The molecule has 2 atom stereocenters. The molecule has 0 aliphatic heterocycles. The molecule has 0 amide bonds. The molecule has 2 unspecified atom stereocenters. The number of hydrogen-bond donors (Lipinski definition) is 3. The molecule has 0 saturated carbocycles. The van der Waals surface area contributed by atoms with Gasteiger partial charge in [-0.1, -0.05) is 0 Å². The van der Waals surface area contributed by atoms with Crippen molar-refractivity contribution >= 4 is 13.1 Å². The quantitative estimate of drug-likeness (QED) is 0.525. The zero-order valence-electron chi connectivity index (χ0n) is 7.64. The van der Waals surface area contributed by atoms with Gasteiger partial charge in [-0.05, 0) is 13.1 Å². The molecule has 4 N–H and O–H groups in total. The molecular weight excluding hydrogens is 193 g/mol. The van der Waals surface area contributed by atoms with Crippen LogP contribution in [0.15, 0.2) is 0 Å². The second kappa shape index (κ2) is 5.37. The Balaban J connectivity index is 3.87. The van der Waals surface area contributed by atoms with Crippen LogP contribution in [0.1, 0.15) is 6.42 Å². The van der Waals surface area contributed by atoms with Crippen LogP contribution < -0.4 is 5.73 Å². The van der Waals surface area contributed by atoms with Crippen LogP contribution >= 0.6 is 7.14 Å². The minimum Gasteiger partial charge on any atom is -0.480 e. The first-order valence-corrected chi connectivity index (χ1v) is 6.56. The van der Waals surface area contributed by atoms with Gasteiger partial charge in [-0.15, -0.1) is 0 Å². The molecule has 0 aliphatic rings. The summed E-state index contributed by atoms with van der Waals surface area (Å²) in [6.07, 6.45) is 0.712. The normalized spacial score (nSPS) is 17.8. The number of aliphatic hydroxyl groups excluding tert-OH is 1. The van der Waals surface area contributed by atoms with E-state index in [0.717, 1.165) is 0 Å². The van der Waals surface area contributed by atoms with Gasteiger partial charge < -0.3 is 20.5 Å². The van der Waals surface area contributed by atoms with E-state index in [4.69, 9.17) is 15.9 Å². The number of aliphatic hydroxyl groups is 1. The first kappa shape index (κ1) is 12.6. The van der Waals surface area contributed by atoms with Gasteiger partial charge in [-0.2, -0.15) is 0 Å². The molecule has 78 valence electrons. The summed E-state index contributed by atoms with van der Waals surface area (Å²) in [6.45, 7) is 1.42. The molecule has 0 spiro atoms. The Kier molecular flexibility index (Phi) is 5.21. The highest BCUT2D eigenvalue weighted by Crippen LogP contribution is 2.41. The highest BCUT2D eigenvalue weighted by atomic mass is 31.2. The molecule has 0 saturated heterocycles. The fraction of sp³-hybridized carbons (Fsp3) is 0.857. The van der Waals surface area contributed by atoms with E-state index in [1.54, 1.807) is 6.66 Å². The molecule has 0 heterocycles. The third-order valence-electron chi connectivity index (χ3n) is 1.80. The molecule has 0 aromatic heterocycles. The number of carboxylic acid groups (broad SMARTS) is 1. The van der Waals surface area contributed by atoms with Crippen LogP contribution in [0.5, 0.6) is 0 Å². The Bertz CT molecular complexity index is 219. The molecule has 0 fully saturated rings. The van der Waals surface area contributed by atoms with E-state index in [1.165, 1.54) is 0 Å². The molecular formula is C7H16NO4P. The average molecular weight is 209 g/mol. The summed E-state index contributed by atoms with van der Waals surface area (Å²) in [7, 11) is -2.38. The van der Waals surface area contributed by atoms with Crippen molar-refractivity contribution in [2.75, 3.05) is 25.6 Å². The van der Waals surface area contributed by atoms with Crippen LogP contribution in [-0.2, 0) is 9.36 Å². The van der Waals surface area contributed by atoms with Crippen LogP contribution in [0.4, 0.5) is 0 Å². The third kappa shape index (κ3) is 5.80. The summed E-state index contributed by atoms with van der Waals surface area (Å²) in [4.78, 5) is 10.3. The highest BCUT2D eigenvalue weighted by Gasteiger charge is 2.19. The maximum absolute atomic E-state index is 11.5. The number of nitrogens with two attached hydrogens (primary N) is 1. The SMILES string of the molecule is CP(=O)(CCO)CCC(N)C(=O)O. The fourth-order valence-electron chi connectivity index (χ4n) is 0.859. The molecule has 13 heavy (non-hydrogen) atoms. The van der Waals surface area contributed by atoms with Crippen LogP contribution in [-0.4, -0.2) is 47.8 Å². The van der Waals surface area contributed by atoms with Crippen LogP contribution in [0.2, 0.25) is 0 Å². The summed E-state index contributed by atoms with van der Waals surface area (Å²) in [5, 5.41) is 17.0. The maximum Gasteiger partial charge on any atom is 0.320 e. The van der Waals surface area contributed by atoms with E-state index in [2.05, 4.69) is 0 Å². The Morgan fingerprint density at radius 3 is 2.46 bits per heavy atom. The van der Waals surface area contributed by atoms with Gasteiger partial charge in [-0.25, -0.2) is 0 Å². The van der Waals surface area contributed by atoms with E-state index in [9.17, 15) is 9.36 Å². The number of carboxylic acids is 1. The van der Waals surface area contributed by atoms with Crippen molar-refractivity contribution < 1.29 is 19.6 Å². The van der Waals surface area contributed by atoms with E-state index in [0.29, 0.717) is 0 Å². The van der Waals surface area contributed by atoms with Crippen LogP contribution in [0.3, 0.4) is 0 Å². The summed E-state index contributed by atoms with van der Waals surface area (Å²) in [5.74, 6) is -1.08. The van der Waals surface area contributed by atoms with E-state index in [-0.39, 0.29) is 25.4 Å². The highest BCUT2D eigenvalue weighted by molar-refractivity contribution is 7.63. The number of carbonyl (C=O) groups is 1. The lowest BCUT2D eigenvalue weighted by Gasteiger charge is -2.12. The zero-order chi connectivity index (χ0) is 10.5. The van der Waals surface area contributed by atoms with Gasteiger partial charge >= 0.3 is 5.97 Å². The van der Waals surface area contributed by atoms with E-state index < -0.39 is 19.2 Å². The van der Waals surface area contributed by atoms with Gasteiger partial charge in [0.25, 0.3) is 0 Å². The first-order chi connectivity index (χ1) is 5.89. The maximum atomic E-state index is 11.5. The van der Waals surface area contributed by atoms with Crippen LogP contribution in [0.25, 0.3) is 0 Å². The Morgan fingerprint density at radius 1 is 1.54 bits per heavy atom. The lowest BCUT2D eigenvalue weighted by atomic mass is 10.2. The largest absolute Gasteiger partial charge is 0.480 e. The van der Waals surface area contributed by atoms with Crippen molar-refractivity contribution in [1.82, 2.24) is 0 Å². The molecule has 0 aromatic carbocycles. The molecule has 0 aromatic rings. The first-order valence-electron chi connectivity index (χ1n) is 4.04. The van der Waals surface area contributed by atoms with Crippen molar-refractivity contribution in [3.63, 3.8) is 0 Å². The summed E-state index contributed by atoms with van der Waals surface area (Å²) in [5.41, 5.74) is 5.24. The van der Waals surface area contributed by atoms with Crippen molar-refractivity contribution in [3.05, 3.63) is 0 Å². The van der Waals surface area contributed by atoms with Gasteiger partial charge in [0.15, 0.2) is 0 Å². The van der Waals surface area contributed by atoms with E-state index in [1.807, 2.05) is 0 Å². The standard InChI is InChI=1S/C7H16NO4P/c1-13(12,5-3-9)4-2-6(8)7(10)11/h6,9H,2-5,8H2,1H3,(H,10,11). The lowest BCUT2D eigenvalue weighted by molar-refractivity contribution is -0.138. The monoisotopic (exact) mass is 209 g/mol. The van der Waals surface area contributed by atoms with Gasteiger partial charge in [0.1, 0.15) is 6.04 Å². The number of rotatable bonds is 6. The Hall–Kier alpha value is -0.380. The summed E-state index contributed by atoms with van der Waals surface area (Å²) in [6, 6.07) is -0.952.